The molecule has 0 bridgehead atoms. The van der Waals surface area contributed by atoms with E-state index in [9.17, 15) is 17.6 Å². The minimum atomic E-state index is -3.68. The first-order valence-electron chi connectivity index (χ1n) is 10.0. The maximum atomic E-state index is 13.0. The fourth-order valence-corrected chi connectivity index (χ4v) is 4.59. The van der Waals surface area contributed by atoms with Crippen LogP contribution in [0.3, 0.4) is 0 Å². The Hall–Kier alpha value is -3.55. The van der Waals surface area contributed by atoms with Crippen molar-refractivity contribution in [1.29, 1.82) is 0 Å². The summed E-state index contributed by atoms with van der Waals surface area (Å²) in [4.78, 5) is 12.4. The number of halogens is 1. The summed E-state index contributed by atoms with van der Waals surface area (Å²) < 4.78 is 41.3. The van der Waals surface area contributed by atoms with Gasteiger partial charge in [-0.25, -0.2) is 17.5 Å². The Morgan fingerprint density at radius 2 is 1.38 bits per heavy atom. The van der Waals surface area contributed by atoms with Gasteiger partial charge < -0.3 is 5.32 Å². The van der Waals surface area contributed by atoms with Crippen molar-refractivity contribution >= 4 is 26.7 Å². The van der Waals surface area contributed by atoms with Crippen LogP contribution in [0, 0.1) is 5.82 Å². The smallest absolute Gasteiger partial charge is 0.251 e. The average Bonchev–Trinajstić information content (AvgIpc) is 2.82. The number of amides is 1. The topological polar surface area (TPSA) is 75.3 Å². The van der Waals surface area contributed by atoms with Gasteiger partial charge in [-0.2, -0.15) is 0 Å². The molecular weight excluding hydrogens is 427 g/mol. The van der Waals surface area contributed by atoms with Crippen LogP contribution in [-0.4, -0.2) is 14.3 Å². The van der Waals surface area contributed by atoms with E-state index in [-0.39, 0.29) is 17.3 Å². The molecule has 2 N–H and O–H groups in total. The molecule has 5 nitrogen and oxygen atoms in total. The third-order valence-corrected chi connectivity index (χ3v) is 6.55. The van der Waals surface area contributed by atoms with Gasteiger partial charge in [-0.3, -0.25) is 4.79 Å². The van der Waals surface area contributed by atoms with Crippen molar-refractivity contribution in [3.05, 3.63) is 114 Å². The summed E-state index contributed by atoms with van der Waals surface area (Å²) in [6.07, 6.45) is 0. The second kappa shape index (κ2) is 9.30. The lowest BCUT2D eigenvalue weighted by molar-refractivity contribution is 0.0951. The highest BCUT2D eigenvalue weighted by molar-refractivity contribution is 7.89. The molecule has 0 heterocycles. The maximum Gasteiger partial charge on any atom is 0.251 e. The van der Waals surface area contributed by atoms with Crippen LogP contribution in [0.2, 0.25) is 0 Å². The lowest BCUT2D eigenvalue weighted by atomic mass is 10.1. The predicted octanol–water partition coefficient (Wildman–Crippen LogP) is 4.39. The molecule has 162 valence electrons. The van der Waals surface area contributed by atoms with E-state index in [2.05, 4.69) is 10.0 Å². The Morgan fingerprint density at radius 1 is 0.750 bits per heavy atom. The van der Waals surface area contributed by atoms with Crippen LogP contribution in [0.4, 0.5) is 4.39 Å². The Labute approximate surface area is 186 Å². The van der Waals surface area contributed by atoms with Gasteiger partial charge in [0.15, 0.2) is 0 Å². The molecule has 0 atom stereocenters. The van der Waals surface area contributed by atoms with Crippen molar-refractivity contribution in [2.75, 3.05) is 0 Å². The summed E-state index contributed by atoms with van der Waals surface area (Å²) in [5.41, 5.74) is 2.04. The molecule has 0 aliphatic heterocycles. The summed E-state index contributed by atoms with van der Waals surface area (Å²) in [7, 11) is -3.68. The van der Waals surface area contributed by atoms with E-state index in [1.807, 2.05) is 48.5 Å². The molecule has 0 saturated heterocycles. The van der Waals surface area contributed by atoms with Gasteiger partial charge in [-0.1, -0.05) is 60.7 Å². The van der Waals surface area contributed by atoms with E-state index in [1.54, 1.807) is 18.2 Å². The number of nitrogens with one attached hydrogen (secondary N) is 2. The van der Waals surface area contributed by atoms with Crippen LogP contribution >= 0.6 is 0 Å². The summed E-state index contributed by atoms with van der Waals surface area (Å²) in [5.74, 6) is -0.690. The molecule has 0 aromatic heterocycles. The van der Waals surface area contributed by atoms with Crippen molar-refractivity contribution in [2.45, 2.75) is 18.0 Å². The largest absolute Gasteiger partial charge is 0.348 e. The molecule has 7 heteroatoms. The Bertz CT molecular complexity index is 1350. The Kier molecular flexibility index (Phi) is 6.30. The van der Waals surface area contributed by atoms with Crippen LogP contribution in [-0.2, 0) is 23.1 Å². The normalized spacial score (nSPS) is 11.4. The minimum Gasteiger partial charge on any atom is -0.348 e. The molecule has 4 aromatic rings. The van der Waals surface area contributed by atoms with Crippen LogP contribution in [0.1, 0.15) is 21.5 Å². The van der Waals surface area contributed by atoms with Crippen molar-refractivity contribution in [1.82, 2.24) is 10.0 Å². The van der Waals surface area contributed by atoms with Crippen LogP contribution in [0.25, 0.3) is 10.8 Å². The number of carbonyl (C=O) groups is 1. The van der Waals surface area contributed by atoms with Gasteiger partial charge in [-0.05, 0) is 46.8 Å². The van der Waals surface area contributed by atoms with E-state index in [0.717, 1.165) is 16.5 Å². The Balaban J connectivity index is 1.37. The SMILES string of the molecule is O=C(NCc1ccc(CNS(=O)(=O)c2cccc3ccccc23)cc1)c1ccc(F)cc1. The standard InChI is InChI=1S/C25H21FN2O3S/c26-22-14-12-21(13-15-22)25(29)27-16-18-8-10-19(11-9-18)17-28-32(30,31)24-7-3-5-20-4-1-2-6-23(20)24/h1-15,28H,16-17H2,(H,27,29). The molecule has 0 saturated carbocycles. The minimum absolute atomic E-state index is 0.147. The highest BCUT2D eigenvalue weighted by atomic mass is 32.2. The highest BCUT2D eigenvalue weighted by Crippen LogP contribution is 2.22. The second-order valence-corrected chi connectivity index (χ2v) is 9.04. The van der Waals surface area contributed by atoms with Crippen LogP contribution < -0.4 is 10.0 Å². The van der Waals surface area contributed by atoms with E-state index in [4.69, 9.17) is 0 Å². The first kappa shape index (κ1) is 21.7. The van der Waals surface area contributed by atoms with Gasteiger partial charge in [0, 0.05) is 24.0 Å². The third-order valence-electron chi connectivity index (χ3n) is 5.09. The van der Waals surface area contributed by atoms with E-state index in [1.165, 1.54) is 24.3 Å². The fourth-order valence-electron chi connectivity index (χ4n) is 3.35. The first-order valence-corrected chi connectivity index (χ1v) is 11.5. The molecule has 4 aromatic carbocycles. The molecule has 32 heavy (non-hydrogen) atoms. The molecule has 0 aliphatic carbocycles. The molecule has 0 unspecified atom stereocenters. The highest BCUT2D eigenvalue weighted by Gasteiger charge is 2.16. The number of sulfonamides is 1. The van der Waals surface area contributed by atoms with Crippen molar-refractivity contribution in [3.63, 3.8) is 0 Å². The quantitative estimate of drug-likeness (QED) is 0.440. The zero-order valence-corrected chi connectivity index (χ0v) is 17.9. The molecule has 0 radical (unpaired) electrons. The van der Waals surface area contributed by atoms with Gasteiger partial charge >= 0.3 is 0 Å². The fraction of sp³-hybridized carbons (Fsp3) is 0.0800. The molecule has 0 aliphatic rings. The summed E-state index contributed by atoms with van der Waals surface area (Å²) in [6.45, 7) is 0.450. The lowest BCUT2D eigenvalue weighted by Gasteiger charge is -2.10. The number of hydrogen-bond acceptors (Lipinski definition) is 3. The van der Waals surface area contributed by atoms with Crippen molar-refractivity contribution < 1.29 is 17.6 Å². The predicted molar refractivity (Wildman–Crippen MR) is 122 cm³/mol. The Morgan fingerprint density at radius 3 is 2.09 bits per heavy atom. The number of fused-ring (bicyclic) bond motifs is 1. The molecule has 0 spiro atoms. The molecule has 1 amide bonds. The summed E-state index contributed by atoms with van der Waals surface area (Å²) >= 11 is 0. The van der Waals surface area contributed by atoms with Gasteiger partial charge in [-0.15, -0.1) is 0 Å². The van der Waals surface area contributed by atoms with E-state index in [0.29, 0.717) is 17.5 Å². The maximum absolute atomic E-state index is 13.0. The van der Waals surface area contributed by atoms with Gasteiger partial charge in [0.2, 0.25) is 10.0 Å². The van der Waals surface area contributed by atoms with Crippen LogP contribution in [0.5, 0.6) is 0 Å². The van der Waals surface area contributed by atoms with E-state index >= 15 is 0 Å². The van der Waals surface area contributed by atoms with Crippen LogP contribution in [0.15, 0.2) is 95.9 Å². The van der Waals surface area contributed by atoms with Gasteiger partial charge in [0.1, 0.15) is 5.82 Å². The third kappa shape index (κ3) is 5.01. The monoisotopic (exact) mass is 448 g/mol. The summed E-state index contributed by atoms with van der Waals surface area (Å²) in [6, 6.07) is 25.2. The first-order chi connectivity index (χ1) is 15.4. The van der Waals surface area contributed by atoms with Crippen molar-refractivity contribution in [2.24, 2.45) is 0 Å². The number of rotatable bonds is 7. The molecule has 4 rings (SSSR count). The van der Waals surface area contributed by atoms with Gasteiger partial charge in [0.25, 0.3) is 5.91 Å². The zero-order valence-electron chi connectivity index (χ0n) is 17.1. The molecular formula is C25H21FN2O3S. The number of carbonyl (C=O) groups excluding carboxylic acids is 1. The average molecular weight is 449 g/mol. The zero-order chi connectivity index (χ0) is 22.6. The number of hydrogen-bond donors (Lipinski definition) is 2. The molecule has 0 fully saturated rings. The van der Waals surface area contributed by atoms with E-state index < -0.39 is 15.8 Å². The van der Waals surface area contributed by atoms with Gasteiger partial charge in [0.05, 0.1) is 4.90 Å². The van der Waals surface area contributed by atoms with Crippen molar-refractivity contribution in [3.8, 4) is 0 Å². The second-order valence-electron chi connectivity index (χ2n) is 7.31. The number of benzene rings is 4. The lowest BCUT2D eigenvalue weighted by Crippen LogP contribution is -2.24. The summed E-state index contributed by atoms with van der Waals surface area (Å²) in [5, 5.41) is 4.32.